The normalized spacial score (nSPS) is 11.8. The maximum Gasteiger partial charge on any atom is 0.188 e. The Hall–Kier alpha value is -5.64. The molecule has 12 rings (SSSR count). The Morgan fingerprint density at radius 1 is 0.214 bits per heavy atom. The van der Waals surface area contributed by atoms with Crippen LogP contribution in [0.3, 0.4) is 0 Å². The second-order valence-corrected chi connectivity index (χ2v) is 59.4. The summed E-state index contributed by atoms with van der Waals surface area (Å²) in [4.78, 5) is 0. The molecule has 12 nitrogen and oxygen atoms in total. The highest BCUT2D eigenvalue weighted by molar-refractivity contribution is 7.70. The molecule has 0 aromatic heterocycles. The summed E-state index contributed by atoms with van der Waals surface area (Å²) in [5.41, 5.74) is 18.3. The Bertz CT molecular complexity index is 5810. The predicted octanol–water partition coefficient (Wildman–Crippen LogP) is 22.3. The first kappa shape index (κ1) is 121. The highest BCUT2D eigenvalue weighted by atomic mass is 31.1. The molecule has 0 saturated carbocycles. The van der Waals surface area contributed by atoms with Crippen molar-refractivity contribution in [2.75, 3.05) is 163 Å². The van der Waals surface area contributed by atoms with Crippen LogP contribution in [0.2, 0.25) is 0 Å². The van der Waals surface area contributed by atoms with Crippen molar-refractivity contribution in [3.63, 3.8) is 0 Å². The van der Waals surface area contributed by atoms with E-state index < -0.39 is 0 Å². The van der Waals surface area contributed by atoms with Crippen LogP contribution in [0.5, 0.6) is 34.5 Å². The Labute approximate surface area is 862 Å². The number of hydrogen-bond donors (Lipinski definition) is 0. The first-order chi connectivity index (χ1) is 66.4. The van der Waals surface area contributed by atoms with Crippen molar-refractivity contribution in [1.82, 2.24) is 0 Å². The molecule has 0 saturated heterocycles. The van der Waals surface area contributed by atoms with Gasteiger partial charge in [0, 0.05) is 80.0 Å². The summed E-state index contributed by atoms with van der Waals surface area (Å²) in [6.07, 6.45) is 0. The minimum absolute atomic E-state index is 0.0189. The third-order valence-electron chi connectivity index (χ3n) is 22.7. The average molecular weight is 2120 g/mol. The smallest absolute Gasteiger partial charge is 0.188 e. The predicted molar refractivity (Wildman–Crippen MR) is 642 cm³/mol. The highest BCUT2D eigenvalue weighted by Gasteiger charge is 2.27. The fourth-order valence-corrected chi connectivity index (χ4v) is 34.6. The molecule has 0 spiro atoms. The number of methoxy groups -OCH3 is 6. The lowest BCUT2D eigenvalue weighted by Gasteiger charge is -2.26. The van der Waals surface area contributed by atoms with Crippen LogP contribution in [0.1, 0.15) is 119 Å². The van der Waals surface area contributed by atoms with Gasteiger partial charge in [-0.1, -0.05) is 316 Å². The summed E-state index contributed by atoms with van der Waals surface area (Å²) < 4.78 is 65.9. The lowest BCUT2D eigenvalue weighted by Crippen LogP contribution is -2.25. The molecule has 0 amide bonds. The van der Waals surface area contributed by atoms with Crippen molar-refractivity contribution in [1.29, 1.82) is 0 Å². The third-order valence-corrected chi connectivity index (χ3v) is 41.4. The van der Waals surface area contributed by atoms with Gasteiger partial charge in [-0.3, -0.25) is 0 Å². The van der Waals surface area contributed by atoms with Gasteiger partial charge in [-0.05, 0) is 341 Å². The SMILES string of the molecule is COCOc1c(C)cc(C(C)(C)C)cc1Pc1c(C)cccc1P(C)C.COCOc1c(C)cc(C)cc1Pc1c(C)cccc1P(C)C.COCOc1c(C)cccc1Pc1c(C)cccc1P(C)C.COCOc1c(Pc2c(C)cccc2P(C)C)cc(C)cc1C(C)(C)C.COCOc1ccc(C)cc1Pc1c(C)cccc1P(C)C.COCOc1ccccc1Pc1c(C)cccc1P(C)C. The van der Waals surface area contributed by atoms with Gasteiger partial charge in [-0.2, -0.15) is 0 Å². The molecule has 0 N–H and O–H groups in total. The maximum absolute atomic E-state index is 6.10. The highest BCUT2D eigenvalue weighted by Crippen LogP contribution is 2.40. The molecule has 0 aliphatic rings. The summed E-state index contributed by atoms with van der Waals surface area (Å²) in [5.74, 6) is 5.76. The van der Waals surface area contributed by atoms with E-state index in [1.54, 1.807) is 42.7 Å². The van der Waals surface area contributed by atoms with Crippen molar-refractivity contribution in [2.24, 2.45) is 0 Å². The molecule has 0 aliphatic heterocycles. The first-order valence-electron chi connectivity index (χ1n) is 47.1. The third kappa shape index (κ3) is 37.0. The van der Waals surface area contributed by atoms with Crippen LogP contribution >= 0.6 is 99.0 Å². The zero-order valence-corrected chi connectivity index (χ0v) is 102. The van der Waals surface area contributed by atoms with E-state index >= 15 is 0 Å². The van der Waals surface area contributed by atoms with Gasteiger partial charge >= 0.3 is 0 Å². The molecule has 0 bridgehead atoms. The Balaban J connectivity index is 0.000000229. The summed E-state index contributed by atoms with van der Waals surface area (Å²) >= 11 is 0. The van der Waals surface area contributed by atoms with E-state index in [-0.39, 0.29) is 99.1 Å². The summed E-state index contributed by atoms with van der Waals surface area (Å²) in [6, 6.07) is 74.5. The van der Waals surface area contributed by atoms with Gasteiger partial charge in [-0.15, -0.1) is 0 Å². The Kier molecular flexibility index (Phi) is 52.5. The fraction of sp³-hybridized carbons (Fsp3) is 0.379. The van der Waals surface area contributed by atoms with Crippen LogP contribution < -0.4 is 124 Å². The molecule has 12 aromatic carbocycles. The Morgan fingerprint density at radius 3 is 0.829 bits per heavy atom. The summed E-state index contributed by atoms with van der Waals surface area (Å²) in [5, 5.41) is 25.3. The van der Waals surface area contributed by atoms with Crippen molar-refractivity contribution in [3.8, 4) is 34.5 Å². The largest absolute Gasteiger partial charge is 0.467 e. The van der Waals surface area contributed by atoms with E-state index in [1.807, 2.05) is 12.1 Å². The van der Waals surface area contributed by atoms with Crippen LogP contribution in [0, 0.1) is 83.1 Å². The van der Waals surface area contributed by atoms with Gasteiger partial charge in [0.05, 0.1) is 0 Å². The minimum Gasteiger partial charge on any atom is -0.467 e. The van der Waals surface area contributed by atoms with E-state index in [1.165, 1.54) is 168 Å². The lowest BCUT2D eigenvalue weighted by molar-refractivity contribution is 0.0505. The zero-order chi connectivity index (χ0) is 103. The lowest BCUT2D eigenvalue weighted by atomic mass is 9.85. The molecular weight excluding hydrogens is 1960 g/mol. The van der Waals surface area contributed by atoms with Gasteiger partial charge in [0.25, 0.3) is 0 Å². The maximum atomic E-state index is 6.10. The molecule has 24 heteroatoms. The number of rotatable bonds is 36. The monoisotopic (exact) mass is 2120 g/mol. The quantitative estimate of drug-likeness (QED) is 0.0275. The van der Waals surface area contributed by atoms with Gasteiger partial charge in [0.15, 0.2) is 40.8 Å². The van der Waals surface area contributed by atoms with Crippen molar-refractivity contribution >= 4 is 194 Å². The number of benzene rings is 12. The molecule has 0 heterocycles. The molecule has 0 aliphatic carbocycles. The van der Waals surface area contributed by atoms with Gasteiger partial charge in [0.2, 0.25) is 0 Å². The van der Waals surface area contributed by atoms with Crippen molar-refractivity contribution in [3.05, 3.63) is 284 Å². The van der Waals surface area contributed by atoms with E-state index in [0.29, 0.717) is 51.5 Å². The van der Waals surface area contributed by atoms with Gasteiger partial charge in [0.1, 0.15) is 34.5 Å². The number of hydrogen-bond acceptors (Lipinski definition) is 12. The molecular formula is C116H160O12P12. The van der Waals surface area contributed by atoms with Crippen LogP contribution in [-0.2, 0) is 39.3 Å². The van der Waals surface area contributed by atoms with Crippen molar-refractivity contribution < 1.29 is 56.8 Å². The number of para-hydroxylation sites is 2. The molecule has 756 valence electrons. The fourth-order valence-electron chi connectivity index (χ4n) is 15.5. The van der Waals surface area contributed by atoms with Crippen LogP contribution in [0.25, 0.3) is 0 Å². The summed E-state index contributed by atoms with van der Waals surface area (Å²) in [7, 11) is 12.8. The van der Waals surface area contributed by atoms with E-state index in [2.05, 4.69) is 399 Å². The Morgan fingerprint density at radius 2 is 0.479 bits per heavy atom. The van der Waals surface area contributed by atoms with Gasteiger partial charge < -0.3 is 56.8 Å². The van der Waals surface area contributed by atoms with E-state index in [0.717, 1.165) is 40.1 Å². The molecule has 6 atom stereocenters. The van der Waals surface area contributed by atoms with Crippen LogP contribution in [0.4, 0.5) is 0 Å². The average Bonchev–Trinajstić information content (AvgIpc) is 0.816. The molecule has 0 fully saturated rings. The van der Waals surface area contributed by atoms with E-state index in [4.69, 9.17) is 56.8 Å². The van der Waals surface area contributed by atoms with Crippen molar-refractivity contribution in [2.45, 2.75) is 135 Å². The summed E-state index contributed by atoms with van der Waals surface area (Å²) in [6.45, 7) is 69.1. The number of aryl methyl sites for hydroxylation is 12. The molecule has 6 unspecified atom stereocenters. The second kappa shape index (κ2) is 60.6. The molecule has 140 heavy (non-hydrogen) atoms. The molecule has 12 aromatic rings. The van der Waals surface area contributed by atoms with Crippen LogP contribution in [0.15, 0.2) is 206 Å². The van der Waals surface area contributed by atoms with Crippen LogP contribution in [-0.4, -0.2) is 163 Å². The zero-order valence-electron chi connectivity index (χ0n) is 90.5. The minimum atomic E-state index is -0.146. The number of ether oxygens (including phenoxy) is 12. The van der Waals surface area contributed by atoms with E-state index in [9.17, 15) is 0 Å². The standard InChI is InChI=1S/2C22H32O2P2.C19H26O2P2.2C18H24O2P2.C17H22O2P2/c1-15-12-17(22(3,4)5)20(24-14-23-6)18(13-15)25-21-16(2)10-9-11-19(21)26(7)8;1-15-10-9-11-19(26(7)8)21(15)25-18-13-17(22(3,4)5)12-16(2)20(18)24-14-23-6;1-13-10-15(3)18(21-12-20-4)16(11-13)22-19-14(2)8-7-9-17(19)23(5)6;1-13-8-6-10-15(17(13)20-12-19-3)21-18-14(2)9-7-11-16(18)22(4)5;1-13-9-10-15(20-12-19-3)16(11-13)21-18-14(2)7-6-8-17(18)22(4)5;1-13-8-7-11-16(21(3)4)17(13)20-15-10-6-5-9-14(15)19-12-18-2/h2*9-13,25H,14H2,1-8H3;7-11,22H,12H2,1-6H3;2*6-11,21H,12H2,1-5H3;5-11,20H,12H2,1-4H3. The van der Waals surface area contributed by atoms with Gasteiger partial charge in [-0.25, -0.2) is 0 Å². The topological polar surface area (TPSA) is 111 Å². The first-order valence-corrected chi connectivity index (χ1v) is 66.5. The molecule has 0 radical (unpaired) electrons. The second-order valence-electron chi connectivity index (χ2n) is 38.0.